The van der Waals surface area contributed by atoms with Crippen LogP contribution in [0.5, 0.6) is 5.75 Å². The fraction of sp³-hybridized carbons (Fsp3) is 0.192. The van der Waals surface area contributed by atoms with Gasteiger partial charge in [0.05, 0.1) is 12.3 Å². The number of benzene rings is 3. The van der Waals surface area contributed by atoms with Crippen molar-refractivity contribution < 1.29 is 24.2 Å². The smallest absolute Gasteiger partial charge is 0.328 e. The van der Waals surface area contributed by atoms with Gasteiger partial charge in [0.15, 0.2) is 0 Å². The molecule has 0 spiro atoms. The molecule has 0 atom stereocenters. The molecule has 0 saturated carbocycles. The monoisotopic (exact) mass is 461 g/mol. The molecule has 4 N–H and O–H groups in total. The van der Waals surface area contributed by atoms with Crippen LogP contribution >= 0.6 is 0 Å². The predicted octanol–water partition coefficient (Wildman–Crippen LogP) is 4.99. The van der Waals surface area contributed by atoms with E-state index in [9.17, 15) is 14.4 Å². The second kappa shape index (κ2) is 10.5. The van der Waals surface area contributed by atoms with E-state index in [0.29, 0.717) is 29.3 Å². The predicted molar refractivity (Wildman–Crippen MR) is 131 cm³/mol. The molecule has 0 aliphatic rings. The van der Waals surface area contributed by atoms with Crippen molar-refractivity contribution in [2.45, 2.75) is 26.3 Å². The van der Waals surface area contributed by atoms with Crippen molar-refractivity contribution in [1.29, 1.82) is 0 Å². The summed E-state index contributed by atoms with van der Waals surface area (Å²) in [5.41, 5.74) is 1.95. The minimum absolute atomic E-state index is 0.361. The van der Waals surface area contributed by atoms with Gasteiger partial charge in [-0.3, -0.25) is 4.79 Å². The average Bonchev–Trinajstić information content (AvgIpc) is 2.81. The van der Waals surface area contributed by atoms with E-state index in [4.69, 9.17) is 9.84 Å². The number of para-hydroxylation sites is 2. The Morgan fingerprint density at radius 3 is 2.03 bits per heavy atom. The molecule has 0 bridgehead atoms. The van der Waals surface area contributed by atoms with Gasteiger partial charge in [-0.2, -0.15) is 0 Å². The van der Waals surface area contributed by atoms with Gasteiger partial charge in [0, 0.05) is 11.3 Å². The van der Waals surface area contributed by atoms with E-state index in [1.165, 1.54) is 13.8 Å². The molecule has 3 aromatic carbocycles. The summed E-state index contributed by atoms with van der Waals surface area (Å²) in [6.45, 7) is 5.22. The number of carbonyl (C=O) groups excluding carboxylic acids is 2. The lowest BCUT2D eigenvalue weighted by molar-refractivity contribution is -0.143. The fourth-order valence-electron chi connectivity index (χ4n) is 3.11. The molecule has 0 radical (unpaired) electrons. The van der Waals surface area contributed by atoms with E-state index in [2.05, 4.69) is 16.0 Å². The number of ether oxygens (including phenoxy) is 1. The van der Waals surface area contributed by atoms with Crippen LogP contribution < -0.4 is 20.7 Å². The molecule has 0 saturated heterocycles. The molecule has 8 heteroatoms. The molecule has 176 valence electrons. The highest BCUT2D eigenvalue weighted by Crippen LogP contribution is 2.25. The zero-order valence-electron chi connectivity index (χ0n) is 19.2. The normalized spacial score (nSPS) is 10.8. The first-order valence-electron chi connectivity index (χ1n) is 10.8. The van der Waals surface area contributed by atoms with Gasteiger partial charge in [0.1, 0.15) is 11.3 Å². The molecule has 0 aromatic heterocycles. The lowest BCUT2D eigenvalue weighted by Gasteiger charge is -2.21. The number of hydrogen-bond acceptors (Lipinski definition) is 4. The number of anilines is 2. The highest BCUT2D eigenvalue weighted by atomic mass is 16.5. The summed E-state index contributed by atoms with van der Waals surface area (Å²) in [5.74, 6) is -0.979. The summed E-state index contributed by atoms with van der Waals surface area (Å²) in [7, 11) is 0. The molecule has 0 heterocycles. The maximum absolute atomic E-state index is 12.4. The Bertz CT molecular complexity index is 1170. The third kappa shape index (κ3) is 6.13. The third-order valence-corrected chi connectivity index (χ3v) is 5.02. The number of aliphatic carboxylic acids is 1. The molecular weight excluding hydrogens is 434 g/mol. The zero-order valence-corrected chi connectivity index (χ0v) is 19.2. The van der Waals surface area contributed by atoms with Gasteiger partial charge in [-0.05, 0) is 68.3 Å². The summed E-state index contributed by atoms with van der Waals surface area (Å²) < 4.78 is 5.52. The number of amides is 3. The molecule has 0 aliphatic carbocycles. The van der Waals surface area contributed by atoms with Gasteiger partial charge in [-0.15, -0.1) is 0 Å². The van der Waals surface area contributed by atoms with Gasteiger partial charge in [0.25, 0.3) is 5.91 Å². The first-order valence-corrected chi connectivity index (χ1v) is 10.8. The topological polar surface area (TPSA) is 117 Å². The fourth-order valence-corrected chi connectivity index (χ4v) is 3.11. The molecule has 3 rings (SSSR count). The molecule has 3 aromatic rings. The largest absolute Gasteiger partial charge is 0.492 e. The lowest BCUT2D eigenvalue weighted by Crippen LogP contribution is -2.49. The minimum Gasteiger partial charge on any atom is -0.492 e. The number of nitrogens with one attached hydrogen (secondary N) is 3. The van der Waals surface area contributed by atoms with Crippen molar-refractivity contribution in [3.8, 4) is 16.9 Å². The minimum atomic E-state index is -1.37. The molecule has 0 aliphatic heterocycles. The number of carbonyl (C=O) groups is 3. The van der Waals surface area contributed by atoms with Crippen molar-refractivity contribution in [3.63, 3.8) is 0 Å². The maximum atomic E-state index is 12.4. The summed E-state index contributed by atoms with van der Waals surface area (Å²) in [5, 5.41) is 17.2. The highest BCUT2D eigenvalue weighted by Gasteiger charge is 2.29. The molecular formula is C26H27N3O5. The van der Waals surface area contributed by atoms with Crippen molar-refractivity contribution >= 4 is 29.3 Å². The highest BCUT2D eigenvalue weighted by molar-refractivity contribution is 6.01. The Morgan fingerprint density at radius 2 is 1.44 bits per heavy atom. The zero-order chi connectivity index (χ0) is 24.7. The first kappa shape index (κ1) is 24.3. The Morgan fingerprint density at radius 1 is 0.853 bits per heavy atom. The van der Waals surface area contributed by atoms with E-state index in [1.807, 2.05) is 31.2 Å². The van der Waals surface area contributed by atoms with E-state index in [-0.39, 0.29) is 6.03 Å². The summed E-state index contributed by atoms with van der Waals surface area (Å²) in [6, 6.07) is 20.9. The van der Waals surface area contributed by atoms with Crippen LogP contribution in [-0.4, -0.2) is 35.2 Å². The van der Waals surface area contributed by atoms with Crippen LogP contribution in [0.2, 0.25) is 0 Å². The number of urea groups is 1. The van der Waals surface area contributed by atoms with Crippen molar-refractivity contribution in [3.05, 3.63) is 78.4 Å². The Balaban J connectivity index is 1.63. The number of rotatable bonds is 8. The average molecular weight is 462 g/mol. The Hall–Kier alpha value is -4.33. The van der Waals surface area contributed by atoms with Gasteiger partial charge in [-0.25, -0.2) is 9.59 Å². The van der Waals surface area contributed by atoms with Crippen LogP contribution in [0.4, 0.5) is 16.2 Å². The van der Waals surface area contributed by atoms with E-state index in [1.54, 1.807) is 48.5 Å². The van der Waals surface area contributed by atoms with Crippen LogP contribution in [0, 0.1) is 0 Å². The van der Waals surface area contributed by atoms with Gasteiger partial charge in [0.2, 0.25) is 0 Å². The molecule has 8 nitrogen and oxygen atoms in total. The van der Waals surface area contributed by atoms with Crippen LogP contribution in [-0.2, 0) is 4.79 Å². The molecule has 0 fully saturated rings. The van der Waals surface area contributed by atoms with Crippen LogP contribution in [0.3, 0.4) is 0 Å². The molecule has 0 unspecified atom stereocenters. The second-order valence-electron chi connectivity index (χ2n) is 8.05. The number of hydrogen-bond donors (Lipinski definition) is 4. The van der Waals surface area contributed by atoms with Crippen molar-refractivity contribution in [1.82, 2.24) is 5.32 Å². The summed E-state index contributed by atoms with van der Waals surface area (Å²) >= 11 is 0. The van der Waals surface area contributed by atoms with Crippen LogP contribution in [0.25, 0.3) is 11.1 Å². The summed E-state index contributed by atoms with van der Waals surface area (Å²) in [4.78, 5) is 35.9. The van der Waals surface area contributed by atoms with E-state index < -0.39 is 17.4 Å². The standard InChI is InChI=1S/C26H27N3O5/c1-4-34-22-8-6-5-7-21(22)28-25(33)27-20-15-13-18(14-16-20)17-9-11-19(12-10-17)23(30)29-26(2,3)24(31)32/h5-16H,4H2,1-3H3,(H,29,30)(H,31,32)(H2,27,28,33). The van der Waals surface area contributed by atoms with E-state index >= 15 is 0 Å². The SMILES string of the molecule is CCOc1ccccc1NC(=O)Nc1ccc(-c2ccc(C(=O)NC(C)(C)C(=O)O)cc2)cc1. The van der Waals surface area contributed by atoms with Crippen LogP contribution in [0.15, 0.2) is 72.8 Å². The van der Waals surface area contributed by atoms with Gasteiger partial charge < -0.3 is 25.8 Å². The summed E-state index contributed by atoms with van der Waals surface area (Å²) in [6.07, 6.45) is 0. The lowest BCUT2D eigenvalue weighted by atomic mass is 10.0. The second-order valence-corrected chi connectivity index (χ2v) is 8.05. The Labute approximate surface area is 198 Å². The Kier molecular flexibility index (Phi) is 7.53. The molecule has 34 heavy (non-hydrogen) atoms. The maximum Gasteiger partial charge on any atom is 0.328 e. The van der Waals surface area contributed by atoms with E-state index in [0.717, 1.165) is 11.1 Å². The molecule has 3 amide bonds. The quantitative estimate of drug-likeness (QED) is 0.377. The first-order chi connectivity index (χ1) is 16.2. The van der Waals surface area contributed by atoms with Gasteiger partial charge >= 0.3 is 12.0 Å². The third-order valence-electron chi connectivity index (χ3n) is 5.02. The van der Waals surface area contributed by atoms with Gasteiger partial charge in [-0.1, -0.05) is 36.4 Å². The van der Waals surface area contributed by atoms with Crippen molar-refractivity contribution in [2.24, 2.45) is 0 Å². The number of carboxylic acids is 1. The number of carboxylic acid groups (broad SMARTS) is 1. The van der Waals surface area contributed by atoms with Crippen LogP contribution in [0.1, 0.15) is 31.1 Å². The van der Waals surface area contributed by atoms with Crippen molar-refractivity contribution in [2.75, 3.05) is 17.2 Å².